The van der Waals surface area contributed by atoms with Gasteiger partial charge in [-0.05, 0) is 31.3 Å². The number of anilines is 1. The summed E-state index contributed by atoms with van der Waals surface area (Å²) in [6, 6.07) is 11.4. The minimum absolute atomic E-state index is 0.274. The summed E-state index contributed by atoms with van der Waals surface area (Å²) in [7, 11) is 2.15. The summed E-state index contributed by atoms with van der Waals surface area (Å²) in [6.45, 7) is 4.21. The fourth-order valence-electron chi connectivity index (χ4n) is 2.52. The Morgan fingerprint density at radius 3 is 2.55 bits per heavy atom. The molecule has 3 rings (SSSR count). The molecule has 0 amide bonds. The molecule has 1 aliphatic rings. The van der Waals surface area contributed by atoms with Crippen LogP contribution in [-0.2, 0) is 0 Å². The summed E-state index contributed by atoms with van der Waals surface area (Å²) in [4.78, 5) is 9.08. The molecular weight excluding hydrogens is 250 g/mol. The summed E-state index contributed by atoms with van der Waals surface area (Å²) in [5.41, 5.74) is 2.77. The molecule has 0 atom stereocenters. The van der Waals surface area contributed by atoms with Gasteiger partial charge in [0.15, 0.2) is 0 Å². The van der Waals surface area contributed by atoms with Crippen LogP contribution in [0.3, 0.4) is 0 Å². The number of hydrogen-bond acceptors (Lipinski definition) is 4. The van der Waals surface area contributed by atoms with E-state index < -0.39 is 0 Å². The standard InChI is InChI=1S/C16H19N3O/c1-18-8-10-19(11-9-18)13-6-7-17-15(12-13)14-4-2-3-5-16(14)20/h2-7,12,20H,8-11H2,1H3. The zero-order valence-electron chi connectivity index (χ0n) is 11.7. The van der Waals surface area contributed by atoms with Gasteiger partial charge in [0.1, 0.15) is 5.75 Å². The molecule has 20 heavy (non-hydrogen) atoms. The number of aromatic nitrogens is 1. The van der Waals surface area contributed by atoms with Crippen molar-refractivity contribution < 1.29 is 5.11 Å². The Morgan fingerprint density at radius 2 is 1.80 bits per heavy atom. The summed E-state index contributed by atoms with van der Waals surface area (Å²) < 4.78 is 0. The molecule has 1 saturated heterocycles. The first-order valence-electron chi connectivity index (χ1n) is 6.92. The molecule has 1 aromatic carbocycles. The molecule has 1 fully saturated rings. The van der Waals surface area contributed by atoms with Crippen molar-refractivity contribution in [3.8, 4) is 17.0 Å². The Kier molecular flexibility index (Phi) is 3.56. The molecule has 2 aromatic rings. The maximum Gasteiger partial charge on any atom is 0.124 e. The predicted molar refractivity (Wildman–Crippen MR) is 81.0 cm³/mol. The van der Waals surface area contributed by atoms with E-state index in [1.54, 1.807) is 6.07 Å². The largest absolute Gasteiger partial charge is 0.507 e. The first-order valence-corrected chi connectivity index (χ1v) is 6.92. The van der Waals surface area contributed by atoms with E-state index in [1.165, 1.54) is 5.69 Å². The van der Waals surface area contributed by atoms with E-state index in [1.807, 2.05) is 30.5 Å². The maximum absolute atomic E-state index is 9.94. The highest BCUT2D eigenvalue weighted by molar-refractivity contribution is 5.69. The second kappa shape index (κ2) is 5.51. The predicted octanol–water partition coefficient (Wildman–Crippen LogP) is 2.21. The van der Waals surface area contributed by atoms with Gasteiger partial charge in [0, 0.05) is 43.6 Å². The van der Waals surface area contributed by atoms with Gasteiger partial charge in [-0.3, -0.25) is 4.98 Å². The van der Waals surface area contributed by atoms with E-state index in [0.29, 0.717) is 0 Å². The first kappa shape index (κ1) is 12.9. The van der Waals surface area contributed by atoms with Crippen molar-refractivity contribution in [1.82, 2.24) is 9.88 Å². The molecule has 1 N–H and O–H groups in total. The molecule has 0 aliphatic carbocycles. The van der Waals surface area contributed by atoms with E-state index in [9.17, 15) is 5.11 Å². The molecule has 1 aliphatic heterocycles. The molecule has 0 bridgehead atoms. The van der Waals surface area contributed by atoms with Crippen molar-refractivity contribution in [1.29, 1.82) is 0 Å². The van der Waals surface area contributed by atoms with Crippen LogP contribution in [0.15, 0.2) is 42.6 Å². The van der Waals surface area contributed by atoms with Crippen molar-refractivity contribution >= 4 is 5.69 Å². The summed E-state index contributed by atoms with van der Waals surface area (Å²) in [5, 5.41) is 9.94. The zero-order valence-corrected chi connectivity index (χ0v) is 11.7. The maximum atomic E-state index is 9.94. The SMILES string of the molecule is CN1CCN(c2ccnc(-c3ccccc3O)c2)CC1. The monoisotopic (exact) mass is 269 g/mol. The lowest BCUT2D eigenvalue weighted by Gasteiger charge is -2.34. The van der Waals surface area contributed by atoms with Crippen LogP contribution in [0, 0.1) is 0 Å². The van der Waals surface area contributed by atoms with Gasteiger partial charge in [-0.15, -0.1) is 0 Å². The van der Waals surface area contributed by atoms with E-state index in [0.717, 1.165) is 37.4 Å². The van der Waals surface area contributed by atoms with Crippen LogP contribution >= 0.6 is 0 Å². The molecule has 1 aromatic heterocycles. The van der Waals surface area contributed by atoms with Gasteiger partial charge in [0.2, 0.25) is 0 Å². The number of para-hydroxylation sites is 1. The number of rotatable bonds is 2. The topological polar surface area (TPSA) is 39.6 Å². The van der Waals surface area contributed by atoms with Gasteiger partial charge in [-0.1, -0.05) is 12.1 Å². The summed E-state index contributed by atoms with van der Waals surface area (Å²) in [5.74, 6) is 0.274. The van der Waals surface area contributed by atoms with Crippen LogP contribution in [-0.4, -0.2) is 48.2 Å². The number of nitrogens with zero attached hydrogens (tertiary/aromatic N) is 3. The second-order valence-corrected chi connectivity index (χ2v) is 5.21. The van der Waals surface area contributed by atoms with Gasteiger partial charge >= 0.3 is 0 Å². The Labute approximate surface area is 119 Å². The molecule has 2 heterocycles. The molecular formula is C16H19N3O. The van der Waals surface area contributed by atoms with Crippen LogP contribution in [0.5, 0.6) is 5.75 Å². The minimum atomic E-state index is 0.274. The Morgan fingerprint density at radius 1 is 1.05 bits per heavy atom. The van der Waals surface area contributed by atoms with Crippen molar-refractivity contribution in [2.45, 2.75) is 0 Å². The van der Waals surface area contributed by atoms with Gasteiger partial charge in [-0.2, -0.15) is 0 Å². The third-order valence-corrected chi connectivity index (χ3v) is 3.79. The molecule has 104 valence electrons. The Bertz CT molecular complexity index is 592. The highest BCUT2D eigenvalue weighted by Gasteiger charge is 2.15. The fourth-order valence-corrected chi connectivity index (χ4v) is 2.52. The van der Waals surface area contributed by atoms with Crippen molar-refractivity contribution in [3.05, 3.63) is 42.6 Å². The number of piperazine rings is 1. The second-order valence-electron chi connectivity index (χ2n) is 5.21. The van der Waals surface area contributed by atoms with E-state index in [4.69, 9.17) is 0 Å². The third kappa shape index (κ3) is 2.60. The molecule has 4 heteroatoms. The van der Waals surface area contributed by atoms with Crippen LogP contribution in [0.2, 0.25) is 0 Å². The quantitative estimate of drug-likeness (QED) is 0.907. The number of hydrogen-bond donors (Lipinski definition) is 1. The van der Waals surface area contributed by atoms with Crippen LogP contribution in [0.1, 0.15) is 0 Å². The number of likely N-dealkylation sites (N-methyl/N-ethyl adjacent to an activating group) is 1. The number of aromatic hydroxyl groups is 1. The lowest BCUT2D eigenvalue weighted by molar-refractivity contribution is 0.313. The lowest BCUT2D eigenvalue weighted by atomic mass is 10.1. The van der Waals surface area contributed by atoms with Crippen molar-refractivity contribution in [2.24, 2.45) is 0 Å². The van der Waals surface area contributed by atoms with E-state index in [-0.39, 0.29) is 5.75 Å². The van der Waals surface area contributed by atoms with Gasteiger partial charge in [0.25, 0.3) is 0 Å². The zero-order chi connectivity index (χ0) is 13.9. The summed E-state index contributed by atoms with van der Waals surface area (Å²) >= 11 is 0. The third-order valence-electron chi connectivity index (χ3n) is 3.79. The number of pyridine rings is 1. The fraction of sp³-hybridized carbons (Fsp3) is 0.312. The average Bonchev–Trinajstić information content (AvgIpc) is 2.49. The smallest absolute Gasteiger partial charge is 0.124 e. The number of benzene rings is 1. The van der Waals surface area contributed by atoms with Crippen LogP contribution < -0.4 is 4.90 Å². The Hall–Kier alpha value is -2.07. The molecule has 0 spiro atoms. The van der Waals surface area contributed by atoms with Gasteiger partial charge < -0.3 is 14.9 Å². The first-order chi connectivity index (χ1) is 9.74. The molecule has 4 nitrogen and oxygen atoms in total. The number of phenolic OH excluding ortho intramolecular Hbond substituents is 1. The van der Waals surface area contributed by atoms with Crippen molar-refractivity contribution in [3.63, 3.8) is 0 Å². The number of phenols is 1. The molecule has 0 radical (unpaired) electrons. The van der Waals surface area contributed by atoms with E-state index >= 15 is 0 Å². The van der Waals surface area contributed by atoms with Crippen LogP contribution in [0.4, 0.5) is 5.69 Å². The van der Waals surface area contributed by atoms with Gasteiger partial charge in [-0.25, -0.2) is 0 Å². The summed E-state index contributed by atoms with van der Waals surface area (Å²) in [6.07, 6.45) is 1.81. The molecule has 0 unspecified atom stereocenters. The Balaban J connectivity index is 1.88. The average molecular weight is 269 g/mol. The van der Waals surface area contributed by atoms with E-state index in [2.05, 4.69) is 27.9 Å². The van der Waals surface area contributed by atoms with Gasteiger partial charge in [0.05, 0.1) is 5.69 Å². The van der Waals surface area contributed by atoms with Crippen LogP contribution in [0.25, 0.3) is 11.3 Å². The van der Waals surface area contributed by atoms with Crippen molar-refractivity contribution in [2.75, 3.05) is 38.1 Å². The minimum Gasteiger partial charge on any atom is -0.507 e. The lowest BCUT2D eigenvalue weighted by Crippen LogP contribution is -2.44. The highest BCUT2D eigenvalue weighted by Crippen LogP contribution is 2.29. The molecule has 0 saturated carbocycles. The normalized spacial score (nSPS) is 16.4. The highest BCUT2D eigenvalue weighted by atomic mass is 16.3.